The van der Waals surface area contributed by atoms with E-state index in [0.29, 0.717) is 23.6 Å². The highest BCUT2D eigenvalue weighted by molar-refractivity contribution is 5.93. The summed E-state index contributed by atoms with van der Waals surface area (Å²) in [6, 6.07) is 18.3. The summed E-state index contributed by atoms with van der Waals surface area (Å²) in [5.41, 5.74) is 2.12. The summed E-state index contributed by atoms with van der Waals surface area (Å²) in [5.74, 6) is 0.392. The Balaban J connectivity index is 1.80. The topological polar surface area (TPSA) is 108 Å². The van der Waals surface area contributed by atoms with Crippen molar-refractivity contribution < 1.29 is 9.59 Å². The molecular formula is C21H22N6O2. The molecule has 148 valence electrons. The van der Waals surface area contributed by atoms with Crippen molar-refractivity contribution in [3.63, 3.8) is 0 Å². The Labute approximate surface area is 168 Å². The molecular weight excluding hydrogens is 368 g/mol. The number of amides is 3. The van der Waals surface area contributed by atoms with Crippen molar-refractivity contribution in [3.05, 3.63) is 72.4 Å². The molecule has 8 heteroatoms. The van der Waals surface area contributed by atoms with Crippen LogP contribution in [0, 0.1) is 0 Å². The predicted molar refractivity (Wildman–Crippen MR) is 113 cm³/mol. The van der Waals surface area contributed by atoms with Gasteiger partial charge >= 0.3 is 6.03 Å². The molecule has 29 heavy (non-hydrogen) atoms. The summed E-state index contributed by atoms with van der Waals surface area (Å²) in [7, 11) is 0. The molecule has 0 unspecified atom stereocenters. The van der Waals surface area contributed by atoms with Crippen molar-refractivity contribution in [1.29, 1.82) is 0 Å². The van der Waals surface area contributed by atoms with Gasteiger partial charge in [0.15, 0.2) is 0 Å². The standard InChI is InChI=1S/C21H22N6O2/c1-2-22-21(29)27-20-23-14-15(13-18(28)24-16-9-5-3-6-10-16)19(26-20)25-17-11-7-4-8-12-17/h3-12,14H,2,13H2,1H3,(H,24,28)(H3,22,23,25,26,27,29). The van der Waals surface area contributed by atoms with Crippen molar-refractivity contribution in [2.24, 2.45) is 0 Å². The van der Waals surface area contributed by atoms with Gasteiger partial charge in [0.1, 0.15) is 5.82 Å². The zero-order valence-electron chi connectivity index (χ0n) is 16.0. The lowest BCUT2D eigenvalue weighted by Gasteiger charge is -2.13. The van der Waals surface area contributed by atoms with E-state index in [1.807, 2.05) is 67.6 Å². The zero-order valence-corrected chi connectivity index (χ0v) is 16.0. The number of carbonyl (C=O) groups is 2. The van der Waals surface area contributed by atoms with Crippen molar-refractivity contribution >= 4 is 35.1 Å². The van der Waals surface area contributed by atoms with Gasteiger partial charge in [-0.3, -0.25) is 10.1 Å². The normalized spacial score (nSPS) is 10.1. The molecule has 0 saturated heterocycles. The number of nitrogens with zero attached hydrogens (tertiary/aromatic N) is 2. The van der Waals surface area contributed by atoms with Crippen LogP contribution >= 0.6 is 0 Å². The van der Waals surface area contributed by atoms with Crippen LogP contribution in [0.4, 0.5) is 27.9 Å². The first-order chi connectivity index (χ1) is 14.1. The van der Waals surface area contributed by atoms with Gasteiger partial charge in [0.05, 0.1) is 6.42 Å². The molecule has 0 spiro atoms. The molecule has 2 aromatic carbocycles. The highest BCUT2D eigenvalue weighted by atomic mass is 16.2. The van der Waals surface area contributed by atoms with Gasteiger partial charge in [0.2, 0.25) is 11.9 Å². The highest BCUT2D eigenvalue weighted by Crippen LogP contribution is 2.20. The Morgan fingerprint density at radius 1 is 0.897 bits per heavy atom. The Morgan fingerprint density at radius 2 is 1.55 bits per heavy atom. The van der Waals surface area contributed by atoms with Crippen molar-refractivity contribution in [1.82, 2.24) is 15.3 Å². The average molecular weight is 390 g/mol. The van der Waals surface area contributed by atoms with Crippen molar-refractivity contribution in [3.8, 4) is 0 Å². The van der Waals surface area contributed by atoms with Crippen LogP contribution in [-0.2, 0) is 11.2 Å². The van der Waals surface area contributed by atoms with Crippen LogP contribution in [0.5, 0.6) is 0 Å². The largest absolute Gasteiger partial charge is 0.340 e. The van der Waals surface area contributed by atoms with Crippen molar-refractivity contribution in [2.75, 3.05) is 22.5 Å². The summed E-state index contributed by atoms with van der Waals surface area (Å²) in [4.78, 5) is 32.8. The lowest BCUT2D eigenvalue weighted by Crippen LogP contribution is -2.29. The first kappa shape index (κ1) is 19.8. The molecule has 4 N–H and O–H groups in total. The number of hydrogen-bond donors (Lipinski definition) is 4. The molecule has 0 bridgehead atoms. The Hall–Kier alpha value is -3.94. The van der Waals surface area contributed by atoms with E-state index >= 15 is 0 Å². The molecule has 0 aliphatic rings. The number of rotatable bonds is 7. The molecule has 3 aromatic rings. The van der Waals surface area contributed by atoms with Gasteiger partial charge in [-0.15, -0.1) is 0 Å². The number of anilines is 4. The van der Waals surface area contributed by atoms with E-state index in [1.165, 1.54) is 6.20 Å². The maximum absolute atomic E-state index is 12.5. The van der Waals surface area contributed by atoms with E-state index in [1.54, 1.807) is 0 Å². The lowest BCUT2D eigenvalue weighted by molar-refractivity contribution is -0.115. The summed E-state index contributed by atoms with van der Waals surface area (Å²) >= 11 is 0. The van der Waals surface area contributed by atoms with Gasteiger partial charge in [-0.25, -0.2) is 9.78 Å². The average Bonchev–Trinajstić information content (AvgIpc) is 2.71. The van der Waals surface area contributed by atoms with Crippen LogP contribution in [-0.4, -0.2) is 28.5 Å². The van der Waals surface area contributed by atoms with E-state index in [0.717, 1.165) is 5.69 Å². The number of hydrogen-bond acceptors (Lipinski definition) is 5. The summed E-state index contributed by atoms with van der Waals surface area (Å²) in [6.07, 6.45) is 1.61. The van der Waals surface area contributed by atoms with Gasteiger partial charge in [-0.05, 0) is 31.2 Å². The van der Waals surface area contributed by atoms with E-state index in [4.69, 9.17) is 0 Å². The Bertz CT molecular complexity index is 963. The van der Waals surface area contributed by atoms with Gasteiger partial charge < -0.3 is 16.0 Å². The van der Waals surface area contributed by atoms with Gasteiger partial charge in [0.25, 0.3) is 0 Å². The summed E-state index contributed by atoms with van der Waals surface area (Å²) < 4.78 is 0. The zero-order chi connectivity index (χ0) is 20.5. The van der Waals surface area contributed by atoms with E-state index < -0.39 is 6.03 Å². The monoisotopic (exact) mass is 390 g/mol. The highest BCUT2D eigenvalue weighted by Gasteiger charge is 2.13. The third kappa shape index (κ3) is 6.03. The summed E-state index contributed by atoms with van der Waals surface area (Å²) in [5, 5.41) is 11.2. The molecule has 0 atom stereocenters. The molecule has 8 nitrogen and oxygen atoms in total. The van der Waals surface area contributed by atoms with Crippen LogP contribution in [0.15, 0.2) is 66.9 Å². The first-order valence-corrected chi connectivity index (χ1v) is 9.22. The van der Waals surface area contributed by atoms with Crippen LogP contribution in [0.3, 0.4) is 0 Å². The quantitative estimate of drug-likeness (QED) is 0.493. The number of aromatic nitrogens is 2. The molecule has 0 aliphatic carbocycles. The molecule has 0 fully saturated rings. The van der Waals surface area contributed by atoms with Crippen LogP contribution in [0.2, 0.25) is 0 Å². The maximum atomic E-state index is 12.5. The van der Waals surface area contributed by atoms with E-state index in [2.05, 4.69) is 31.2 Å². The number of urea groups is 1. The molecule has 3 rings (SSSR count). The number of para-hydroxylation sites is 2. The van der Waals surface area contributed by atoms with E-state index in [9.17, 15) is 9.59 Å². The van der Waals surface area contributed by atoms with Gasteiger partial charge in [-0.1, -0.05) is 36.4 Å². The number of carbonyl (C=O) groups excluding carboxylic acids is 2. The van der Waals surface area contributed by atoms with Crippen LogP contribution < -0.4 is 21.3 Å². The molecule has 0 aliphatic heterocycles. The fourth-order valence-corrected chi connectivity index (χ4v) is 2.57. The molecule has 0 radical (unpaired) electrons. The van der Waals surface area contributed by atoms with Crippen LogP contribution in [0.1, 0.15) is 12.5 Å². The molecule has 0 saturated carbocycles. The third-order valence-electron chi connectivity index (χ3n) is 3.87. The lowest BCUT2D eigenvalue weighted by atomic mass is 10.2. The third-order valence-corrected chi connectivity index (χ3v) is 3.87. The minimum Gasteiger partial charge on any atom is -0.340 e. The summed E-state index contributed by atoms with van der Waals surface area (Å²) in [6.45, 7) is 2.30. The van der Waals surface area contributed by atoms with Gasteiger partial charge in [-0.2, -0.15) is 4.98 Å². The second-order valence-electron chi connectivity index (χ2n) is 6.13. The molecule has 1 heterocycles. The fourth-order valence-electron chi connectivity index (χ4n) is 2.57. The molecule has 3 amide bonds. The number of benzene rings is 2. The smallest absolute Gasteiger partial charge is 0.321 e. The SMILES string of the molecule is CCNC(=O)Nc1ncc(CC(=O)Nc2ccccc2)c(Nc2ccccc2)n1. The maximum Gasteiger partial charge on any atom is 0.321 e. The second kappa shape index (κ2) is 9.84. The van der Waals surface area contributed by atoms with E-state index in [-0.39, 0.29) is 18.3 Å². The van der Waals surface area contributed by atoms with Crippen molar-refractivity contribution in [2.45, 2.75) is 13.3 Å². The second-order valence-corrected chi connectivity index (χ2v) is 6.13. The predicted octanol–water partition coefficient (Wildman–Crippen LogP) is 3.54. The Kier molecular flexibility index (Phi) is 6.72. The van der Waals surface area contributed by atoms with Gasteiger partial charge in [0, 0.05) is 29.7 Å². The Morgan fingerprint density at radius 3 is 2.21 bits per heavy atom. The first-order valence-electron chi connectivity index (χ1n) is 9.22. The van der Waals surface area contributed by atoms with Crippen LogP contribution in [0.25, 0.3) is 0 Å². The fraction of sp³-hybridized carbons (Fsp3) is 0.143. The minimum atomic E-state index is -0.396. The molecule has 1 aromatic heterocycles. The number of nitrogens with one attached hydrogen (secondary N) is 4. The minimum absolute atomic E-state index is 0.0749.